The van der Waals surface area contributed by atoms with Crippen LogP contribution in [-0.2, 0) is 0 Å². The van der Waals surface area contributed by atoms with Crippen LogP contribution in [0.1, 0.15) is 12.0 Å². The summed E-state index contributed by atoms with van der Waals surface area (Å²) < 4.78 is 1.87. The Morgan fingerprint density at radius 3 is 3.00 bits per heavy atom. The maximum atomic E-state index is 6.58. The maximum Gasteiger partial charge on any atom is 0.167 e. The highest BCUT2D eigenvalue weighted by atomic mass is 35.5. The molecule has 0 saturated carbocycles. The number of nitrogens with two attached hydrogens (primary N) is 1. The van der Waals surface area contributed by atoms with Gasteiger partial charge in [-0.05, 0) is 37.6 Å². The number of benzene rings is 1. The first kappa shape index (κ1) is 17.2. The summed E-state index contributed by atoms with van der Waals surface area (Å²) in [6.45, 7) is 3.95. The molecule has 1 unspecified atom stereocenters. The summed E-state index contributed by atoms with van der Waals surface area (Å²) in [6.07, 6.45) is 4.45. The van der Waals surface area contributed by atoms with Gasteiger partial charge >= 0.3 is 0 Å². The van der Waals surface area contributed by atoms with E-state index in [4.69, 9.17) is 22.3 Å². The van der Waals surface area contributed by atoms with Gasteiger partial charge < -0.3 is 16.4 Å². The number of hydrogen-bond acceptors (Lipinski definition) is 6. The van der Waals surface area contributed by atoms with Crippen molar-refractivity contribution < 1.29 is 0 Å². The summed E-state index contributed by atoms with van der Waals surface area (Å²) >= 11 is 6.58. The third-order valence-corrected chi connectivity index (χ3v) is 5.56. The van der Waals surface area contributed by atoms with Crippen LogP contribution in [0.5, 0.6) is 0 Å². The summed E-state index contributed by atoms with van der Waals surface area (Å²) in [6, 6.07) is 8.22. The number of anilines is 2. The van der Waals surface area contributed by atoms with E-state index in [9.17, 15) is 0 Å². The standard InChI is InChI=1S/C20H20ClN7/c1-11-3-2-4-14(21)17(11)13-7-15-20(27-19(13)25-12-5-6-23-8-12)28-10-24-9-16(28)18(22)26-15/h2-4,7,9-10,12,23H,5-6,8H2,1H3,(H2,22,26)(H,25,27). The van der Waals surface area contributed by atoms with E-state index < -0.39 is 0 Å². The Bertz CT molecular complexity index is 1170. The summed E-state index contributed by atoms with van der Waals surface area (Å²) in [5.74, 6) is 1.22. The SMILES string of the molecule is Cc1cccc(Cl)c1-c1cc2nc(N)c3cncn3c2nc1NC1CCNC1. The Balaban J connectivity index is 1.80. The lowest BCUT2D eigenvalue weighted by Crippen LogP contribution is -2.23. The zero-order valence-corrected chi connectivity index (χ0v) is 16.2. The van der Waals surface area contributed by atoms with Crippen molar-refractivity contribution in [2.24, 2.45) is 0 Å². The van der Waals surface area contributed by atoms with Crippen molar-refractivity contribution in [1.29, 1.82) is 0 Å². The normalized spacial score (nSPS) is 16.9. The predicted octanol–water partition coefficient (Wildman–Crippen LogP) is 3.26. The quantitative estimate of drug-likeness (QED) is 0.494. The highest BCUT2D eigenvalue weighted by Crippen LogP contribution is 2.37. The number of aromatic nitrogens is 4. The van der Waals surface area contributed by atoms with Gasteiger partial charge in [0.15, 0.2) is 5.65 Å². The van der Waals surface area contributed by atoms with E-state index in [1.54, 1.807) is 12.5 Å². The molecule has 7 nitrogen and oxygen atoms in total. The van der Waals surface area contributed by atoms with Crippen molar-refractivity contribution in [2.75, 3.05) is 24.1 Å². The van der Waals surface area contributed by atoms with Crippen LogP contribution in [0.25, 0.3) is 27.8 Å². The van der Waals surface area contributed by atoms with Crippen LogP contribution in [0.15, 0.2) is 36.8 Å². The topological polar surface area (TPSA) is 93.2 Å². The smallest absolute Gasteiger partial charge is 0.167 e. The zero-order chi connectivity index (χ0) is 19.3. The van der Waals surface area contributed by atoms with Crippen molar-refractivity contribution in [3.8, 4) is 11.1 Å². The Morgan fingerprint density at radius 2 is 2.21 bits per heavy atom. The molecule has 3 aromatic heterocycles. The van der Waals surface area contributed by atoms with Crippen molar-refractivity contribution in [2.45, 2.75) is 19.4 Å². The minimum Gasteiger partial charge on any atom is -0.382 e. The molecule has 0 spiro atoms. The number of fused-ring (bicyclic) bond motifs is 3. The molecule has 0 bridgehead atoms. The number of hydrogen-bond donors (Lipinski definition) is 3. The van der Waals surface area contributed by atoms with Gasteiger partial charge in [0.1, 0.15) is 29.0 Å². The summed E-state index contributed by atoms with van der Waals surface area (Å²) in [5.41, 5.74) is 11.3. The van der Waals surface area contributed by atoms with Crippen LogP contribution in [0, 0.1) is 6.92 Å². The van der Waals surface area contributed by atoms with Gasteiger partial charge in [0.2, 0.25) is 0 Å². The Morgan fingerprint density at radius 1 is 1.32 bits per heavy atom. The monoisotopic (exact) mass is 393 g/mol. The van der Waals surface area contributed by atoms with Gasteiger partial charge in [0, 0.05) is 28.7 Å². The van der Waals surface area contributed by atoms with Gasteiger partial charge in [0.25, 0.3) is 0 Å². The Hall–Kier alpha value is -2.90. The molecular formula is C20H20ClN7. The third-order valence-electron chi connectivity index (χ3n) is 5.25. The van der Waals surface area contributed by atoms with Crippen molar-refractivity contribution in [1.82, 2.24) is 24.7 Å². The summed E-state index contributed by atoms with van der Waals surface area (Å²) in [7, 11) is 0. The molecule has 0 amide bonds. The van der Waals surface area contributed by atoms with E-state index in [2.05, 4.69) is 20.6 Å². The fourth-order valence-electron chi connectivity index (χ4n) is 3.84. The highest BCUT2D eigenvalue weighted by Gasteiger charge is 2.21. The molecule has 4 aromatic rings. The molecule has 142 valence electrons. The fraction of sp³-hybridized carbons (Fsp3) is 0.250. The number of halogens is 1. The molecule has 4 N–H and O–H groups in total. The van der Waals surface area contributed by atoms with Gasteiger partial charge in [-0.15, -0.1) is 0 Å². The first-order chi connectivity index (χ1) is 13.6. The zero-order valence-electron chi connectivity index (χ0n) is 15.4. The predicted molar refractivity (Wildman–Crippen MR) is 113 cm³/mol. The maximum absolute atomic E-state index is 6.58. The molecule has 8 heteroatoms. The van der Waals surface area contributed by atoms with Crippen LogP contribution >= 0.6 is 11.6 Å². The van der Waals surface area contributed by atoms with E-state index in [-0.39, 0.29) is 0 Å². The fourth-order valence-corrected chi connectivity index (χ4v) is 4.16. The number of imidazole rings is 1. The molecule has 1 aromatic carbocycles. The van der Waals surface area contributed by atoms with Crippen LogP contribution in [0.4, 0.5) is 11.6 Å². The van der Waals surface area contributed by atoms with Gasteiger partial charge in [0.05, 0.1) is 6.20 Å². The Labute approximate surface area is 167 Å². The van der Waals surface area contributed by atoms with Crippen LogP contribution in [-0.4, -0.2) is 38.5 Å². The van der Waals surface area contributed by atoms with Crippen molar-refractivity contribution in [3.63, 3.8) is 0 Å². The molecule has 1 fully saturated rings. The minimum atomic E-state index is 0.312. The first-order valence-corrected chi connectivity index (χ1v) is 9.64. The van der Waals surface area contributed by atoms with E-state index in [1.165, 1.54) is 0 Å². The average molecular weight is 394 g/mol. The molecule has 1 saturated heterocycles. The number of rotatable bonds is 3. The molecule has 4 heterocycles. The number of pyridine rings is 1. The van der Waals surface area contributed by atoms with Gasteiger partial charge in [-0.25, -0.2) is 15.0 Å². The van der Waals surface area contributed by atoms with E-state index in [0.29, 0.717) is 28.0 Å². The second kappa shape index (κ2) is 6.61. The van der Waals surface area contributed by atoms with Crippen molar-refractivity contribution >= 4 is 39.9 Å². The van der Waals surface area contributed by atoms with E-state index in [1.807, 2.05) is 35.6 Å². The third kappa shape index (κ3) is 2.75. The molecule has 28 heavy (non-hydrogen) atoms. The lowest BCUT2D eigenvalue weighted by atomic mass is 10.0. The van der Waals surface area contributed by atoms with Crippen LogP contribution in [0.3, 0.4) is 0 Å². The Kier molecular flexibility index (Phi) is 4.07. The van der Waals surface area contributed by atoms with E-state index in [0.717, 1.165) is 47.5 Å². The second-order valence-electron chi connectivity index (χ2n) is 7.14. The molecule has 0 aliphatic carbocycles. The molecular weight excluding hydrogens is 374 g/mol. The molecule has 5 rings (SSSR count). The number of aryl methyl sites for hydroxylation is 1. The number of nitrogens with zero attached hydrogens (tertiary/aromatic N) is 4. The van der Waals surface area contributed by atoms with Gasteiger partial charge in [-0.3, -0.25) is 4.40 Å². The summed E-state index contributed by atoms with van der Waals surface area (Å²) in [4.78, 5) is 13.7. The first-order valence-electron chi connectivity index (χ1n) is 9.27. The lowest BCUT2D eigenvalue weighted by Gasteiger charge is -2.19. The molecule has 1 aliphatic rings. The van der Waals surface area contributed by atoms with Gasteiger partial charge in [-0.2, -0.15) is 0 Å². The van der Waals surface area contributed by atoms with Crippen molar-refractivity contribution in [3.05, 3.63) is 47.4 Å². The molecule has 1 aliphatic heterocycles. The minimum absolute atomic E-state index is 0.312. The summed E-state index contributed by atoms with van der Waals surface area (Å²) in [5, 5.41) is 7.67. The van der Waals surface area contributed by atoms with Crippen LogP contribution in [0.2, 0.25) is 5.02 Å². The lowest BCUT2D eigenvalue weighted by molar-refractivity contribution is 0.789. The average Bonchev–Trinajstić information content (AvgIpc) is 3.35. The second-order valence-corrected chi connectivity index (χ2v) is 7.55. The van der Waals surface area contributed by atoms with Gasteiger partial charge in [-0.1, -0.05) is 23.7 Å². The van der Waals surface area contributed by atoms with Crippen LogP contribution < -0.4 is 16.4 Å². The number of nitrogen functional groups attached to an aromatic ring is 1. The highest BCUT2D eigenvalue weighted by molar-refractivity contribution is 6.33. The van der Waals surface area contributed by atoms with E-state index >= 15 is 0 Å². The number of nitrogens with one attached hydrogen (secondary N) is 2. The largest absolute Gasteiger partial charge is 0.382 e. The molecule has 0 radical (unpaired) electrons. The molecule has 1 atom stereocenters.